The van der Waals surface area contributed by atoms with Crippen molar-refractivity contribution in [2.24, 2.45) is 5.92 Å². The van der Waals surface area contributed by atoms with E-state index in [1.807, 2.05) is 38.1 Å². The van der Waals surface area contributed by atoms with Gasteiger partial charge in [-0.15, -0.1) is 0 Å². The highest BCUT2D eigenvalue weighted by molar-refractivity contribution is 5.99. The van der Waals surface area contributed by atoms with Crippen molar-refractivity contribution in [1.82, 2.24) is 20.9 Å². The van der Waals surface area contributed by atoms with E-state index in [4.69, 9.17) is 4.42 Å². The second kappa shape index (κ2) is 13.4. The molecule has 4 amide bonds. The molecule has 0 aliphatic heterocycles. The van der Waals surface area contributed by atoms with Gasteiger partial charge in [-0.2, -0.15) is 0 Å². The van der Waals surface area contributed by atoms with E-state index in [9.17, 15) is 24.0 Å². The summed E-state index contributed by atoms with van der Waals surface area (Å²) in [5.74, 6) is -1.86. The highest BCUT2D eigenvalue weighted by Gasteiger charge is 2.29. The Morgan fingerprint density at radius 1 is 0.860 bits per heavy atom. The minimum atomic E-state index is -0.948. The number of amides is 4. The Hall–Kier alpha value is -4.93. The normalized spacial score (nSPS) is 13.3. The number of hydrogen-bond acceptors (Lipinski definition) is 6. The molecule has 2 aromatic carbocycles. The smallest absolute Gasteiger partial charge is 0.336 e. The first kappa shape index (κ1) is 31.0. The summed E-state index contributed by atoms with van der Waals surface area (Å²) in [7, 11) is 0. The summed E-state index contributed by atoms with van der Waals surface area (Å²) in [5.41, 5.74) is 2.75. The molecule has 4 aromatic rings. The molecule has 0 bridgehead atoms. The first-order valence-corrected chi connectivity index (χ1v) is 14.2. The molecule has 11 nitrogen and oxygen atoms in total. The molecular weight excluding hydrogens is 550 g/mol. The van der Waals surface area contributed by atoms with E-state index in [2.05, 4.69) is 26.3 Å². The van der Waals surface area contributed by atoms with Gasteiger partial charge in [-0.05, 0) is 55.5 Å². The van der Waals surface area contributed by atoms with Gasteiger partial charge in [0.15, 0.2) is 0 Å². The van der Waals surface area contributed by atoms with Crippen LogP contribution in [-0.2, 0) is 25.6 Å². The van der Waals surface area contributed by atoms with Crippen LogP contribution in [0.3, 0.4) is 0 Å². The van der Waals surface area contributed by atoms with Crippen LogP contribution in [0.2, 0.25) is 0 Å². The van der Waals surface area contributed by atoms with E-state index in [0.29, 0.717) is 17.7 Å². The zero-order valence-electron chi connectivity index (χ0n) is 24.9. The van der Waals surface area contributed by atoms with Crippen LogP contribution in [0.5, 0.6) is 0 Å². The zero-order chi connectivity index (χ0) is 31.3. The van der Waals surface area contributed by atoms with Gasteiger partial charge in [0.25, 0.3) is 0 Å². The van der Waals surface area contributed by atoms with Gasteiger partial charge >= 0.3 is 5.63 Å². The second-order valence-corrected chi connectivity index (χ2v) is 11.2. The van der Waals surface area contributed by atoms with Crippen LogP contribution in [0.15, 0.2) is 63.9 Å². The molecule has 226 valence electrons. The van der Waals surface area contributed by atoms with Crippen molar-refractivity contribution in [2.75, 3.05) is 5.32 Å². The van der Waals surface area contributed by atoms with Crippen LogP contribution < -0.4 is 26.9 Å². The van der Waals surface area contributed by atoms with Crippen molar-refractivity contribution < 1.29 is 23.6 Å². The van der Waals surface area contributed by atoms with E-state index in [1.54, 1.807) is 31.3 Å². The summed E-state index contributed by atoms with van der Waals surface area (Å²) in [6.07, 6.45) is 2.33. The number of para-hydroxylation sites is 1. The van der Waals surface area contributed by atoms with Crippen LogP contribution in [0.25, 0.3) is 21.9 Å². The number of carbonyl (C=O) groups is 4. The monoisotopic (exact) mass is 587 g/mol. The third-order valence-corrected chi connectivity index (χ3v) is 7.10. The summed E-state index contributed by atoms with van der Waals surface area (Å²) >= 11 is 0. The Morgan fingerprint density at radius 2 is 1.58 bits per heavy atom. The largest absolute Gasteiger partial charge is 0.423 e. The van der Waals surface area contributed by atoms with E-state index >= 15 is 0 Å². The maximum atomic E-state index is 13.4. The molecule has 0 aliphatic rings. The number of aryl methyl sites for hydroxylation is 1. The molecule has 0 unspecified atom stereocenters. The molecule has 0 radical (unpaired) electrons. The van der Waals surface area contributed by atoms with Crippen LogP contribution >= 0.6 is 0 Å². The molecule has 11 heteroatoms. The van der Waals surface area contributed by atoms with Crippen LogP contribution in [-0.4, -0.2) is 46.7 Å². The lowest BCUT2D eigenvalue weighted by molar-refractivity contribution is -0.133. The maximum absolute atomic E-state index is 13.4. The fourth-order valence-electron chi connectivity index (χ4n) is 4.98. The molecule has 0 saturated carbocycles. The average molecular weight is 588 g/mol. The fourth-order valence-corrected chi connectivity index (χ4v) is 4.98. The molecule has 4 rings (SSSR count). The van der Waals surface area contributed by atoms with Gasteiger partial charge in [-0.1, -0.05) is 32.0 Å². The molecule has 43 heavy (non-hydrogen) atoms. The van der Waals surface area contributed by atoms with Crippen LogP contribution in [0.1, 0.15) is 45.2 Å². The summed E-state index contributed by atoms with van der Waals surface area (Å²) in [4.78, 5) is 66.6. The number of aromatic amines is 1. The summed E-state index contributed by atoms with van der Waals surface area (Å²) in [5, 5.41) is 12.6. The number of benzene rings is 2. The molecule has 0 fully saturated rings. The lowest BCUT2D eigenvalue weighted by Gasteiger charge is -2.25. The Kier molecular flexibility index (Phi) is 9.64. The summed E-state index contributed by atoms with van der Waals surface area (Å²) in [6.45, 7) is 8.49. The Labute approximate surface area is 248 Å². The third kappa shape index (κ3) is 7.88. The Morgan fingerprint density at radius 3 is 2.30 bits per heavy atom. The third-order valence-electron chi connectivity index (χ3n) is 7.10. The fraction of sp³-hybridized carbons (Fsp3) is 0.344. The molecule has 2 aromatic heterocycles. The zero-order valence-corrected chi connectivity index (χ0v) is 24.9. The molecule has 0 saturated heterocycles. The number of carbonyl (C=O) groups excluding carboxylic acids is 4. The van der Waals surface area contributed by atoms with Gasteiger partial charge in [0.05, 0.1) is 0 Å². The van der Waals surface area contributed by atoms with E-state index < -0.39 is 41.5 Å². The Bertz CT molecular complexity index is 1720. The average Bonchev–Trinajstić information content (AvgIpc) is 3.34. The first-order chi connectivity index (χ1) is 20.4. The number of nitrogens with one attached hydrogen (secondary N) is 5. The van der Waals surface area contributed by atoms with Gasteiger partial charge in [0, 0.05) is 53.7 Å². The van der Waals surface area contributed by atoms with Gasteiger partial charge in [0.2, 0.25) is 23.6 Å². The number of anilines is 1. The number of fused-ring (bicyclic) bond motifs is 2. The molecule has 0 aliphatic carbocycles. The van der Waals surface area contributed by atoms with Gasteiger partial charge in [0.1, 0.15) is 23.7 Å². The summed E-state index contributed by atoms with van der Waals surface area (Å²) < 4.78 is 5.25. The van der Waals surface area contributed by atoms with E-state index in [0.717, 1.165) is 27.4 Å². The van der Waals surface area contributed by atoms with Crippen LogP contribution in [0.4, 0.5) is 5.69 Å². The number of aromatic nitrogens is 1. The first-order valence-electron chi connectivity index (χ1n) is 14.2. The number of H-pyrrole nitrogens is 1. The lowest BCUT2D eigenvalue weighted by atomic mass is 10.0. The highest BCUT2D eigenvalue weighted by atomic mass is 16.4. The van der Waals surface area contributed by atoms with E-state index in [-0.39, 0.29) is 18.2 Å². The lowest BCUT2D eigenvalue weighted by Crippen LogP contribution is -2.56. The van der Waals surface area contributed by atoms with Crippen molar-refractivity contribution in [3.8, 4) is 0 Å². The Balaban J connectivity index is 1.44. The second-order valence-electron chi connectivity index (χ2n) is 11.2. The maximum Gasteiger partial charge on any atom is 0.336 e. The van der Waals surface area contributed by atoms with Gasteiger partial charge in [-0.25, -0.2) is 4.79 Å². The van der Waals surface area contributed by atoms with E-state index in [1.165, 1.54) is 19.9 Å². The van der Waals surface area contributed by atoms with Crippen molar-refractivity contribution in [3.63, 3.8) is 0 Å². The predicted molar refractivity (Wildman–Crippen MR) is 164 cm³/mol. The molecule has 3 atom stereocenters. The quantitative estimate of drug-likeness (QED) is 0.169. The number of hydrogen-bond donors (Lipinski definition) is 5. The van der Waals surface area contributed by atoms with Gasteiger partial charge in [-0.3, -0.25) is 19.2 Å². The molecular formula is C32H37N5O6. The van der Waals surface area contributed by atoms with Crippen LogP contribution in [0, 0.1) is 12.8 Å². The van der Waals surface area contributed by atoms with Gasteiger partial charge < -0.3 is 30.7 Å². The van der Waals surface area contributed by atoms with Crippen molar-refractivity contribution in [3.05, 3.63) is 76.3 Å². The molecule has 5 N–H and O–H groups in total. The van der Waals surface area contributed by atoms with Crippen molar-refractivity contribution in [2.45, 2.75) is 65.6 Å². The molecule has 2 heterocycles. The molecule has 0 spiro atoms. The highest BCUT2D eigenvalue weighted by Crippen LogP contribution is 2.21. The standard InChI is InChI=1S/C32H37N5O6/c1-17(2)12-26(37-32(42)27(35-20(5)38)14-21-16-33-25-9-7-6-8-24(21)25)31(41)34-19(4)30(40)36-22-10-11-23-18(3)13-29(39)43-28(23)15-22/h6-11,13,15-17,19,26-27,33H,12,14H2,1-5H3,(H,34,41)(H,35,38)(H,36,40)(H,37,42)/t19-,26-,27-/m0/s1. The van der Waals surface area contributed by atoms with Crippen molar-refractivity contribution >= 4 is 51.2 Å². The topological polar surface area (TPSA) is 162 Å². The predicted octanol–water partition coefficient (Wildman–Crippen LogP) is 3.30. The minimum Gasteiger partial charge on any atom is -0.423 e. The number of rotatable bonds is 11. The van der Waals surface area contributed by atoms with Crippen molar-refractivity contribution in [1.29, 1.82) is 0 Å². The SMILES string of the molecule is CC(=O)N[C@@H](Cc1c[nH]c2ccccc12)C(=O)N[C@@H](CC(C)C)C(=O)N[C@@H](C)C(=O)Nc1ccc2c(C)cc(=O)oc2c1. The minimum absolute atomic E-state index is 0.0451. The summed E-state index contributed by atoms with van der Waals surface area (Å²) in [6, 6.07) is 11.2.